The summed E-state index contributed by atoms with van der Waals surface area (Å²) < 4.78 is 8.37. The van der Waals surface area contributed by atoms with Crippen LogP contribution in [0.25, 0.3) is 0 Å². The molecule has 1 aromatic heterocycles. The summed E-state index contributed by atoms with van der Waals surface area (Å²) in [7, 11) is 1.82. The molecule has 128 valence electrons. The lowest BCUT2D eigenvalue weighted by Crippen LogP contribution is -2.12. The molecule has 0 saturated heterocycles. The van der Waals surface area contributed by atoms with E-state index in [9.17, 15) is 4.79 Å². The van der Waals surface area contributed by atoms with E-state index >= 15 is 0 Å². The van der Waals surface area contributed by atoms with E-state index in [0.29, 0.717) is 17.9 Å². The third-order valence-electron chi connectivity index (χ3n) is 3.71. The van der Waals surface area contributed by atoms with Gasteiger partial charge in [0.2, 0.25) is 0 Å². The number of nitrogens with zero attached hydrogens (tertiary/aromatic N) is 2. The summed E-state index contributed by atoms with van der Waals surface area (Å²) in [5.41, 5.74) is 3.08. The van der Waals surface area contributed by atoms with Crippen molar-refractivity contribution in [1.29, 1.82) is 0 Å². The molecular formula is C19H18BrN3O2. The molecule has 2 aromatic carbocycles. The summed E-state index contributed by atoms with van der Waals surface area (Å²) in [5.74, 6) is 0.630. The fraction of sp³-hybridized carbons (Fsp3) is 0.158. The molecule has 0 aliphatic rings. The highest BCUT2D eigenvalue weighted by atomic mass is 79.9. The van der Waals surface area contributed by atoms with Crippen LogP contribution < -0.4 is 10.1 Å². The molecule has 1 heterocycles. The summed E-state index contributed by atoms with van der Waals surface area (Å²) >= 11 is 3.45. The van der Waals surface area contributed by atoms with Crippen molar-refractivity contribution >= 4 is 27.5 Å². The number of benzene rings is 2. The van der Waals surface area contributed by atoms with Crippen LogP contribution >= 0.6 is 15.9 Å². The minimum atomic E-state index is -0.158. The zero-order valence-corrected chi connectivity index (χ0v) is 15.6. The van der Waals surface area contributed by atoms with Crippen molar-refractivity contribution in [2.45, 2.75) is 13.5 Å². The van der Waals surface area contributed by atoms with Crippen LogP contribution in [0.15, 0.2) is 59.2 Å². The van der Waals surface area contributed by atoms with Gasteiger partial charge in [0.1, 0.15) is 12.4 Å². The quantitative estimate of drug-likeness (QED) is 0.694. The number of anilines is 1. The summed E-state index contributed by atoms with van der Waals surface area (Å²) in [6.45, 7) is 2.30. The average Bonchev–Trinajstić information content (AvgIpc) is 2.92. The first-order valence-electron chi connectivity index (χ1n) is 7.81. The summed E-state index contributed by atoms with van der Waals surface area (Å²) in [4.78, 5) is 12.3. The molecule has 0 aliphatic carbocycles. The number of aromatic nitrogens is 2. The Morgan fingerprint density at radius 3 is 2.56 bits per heavy atom. The molecule has 0 atom stereocenters. The molecule has 3 rings (SSSR count). The standard InChI is InChI=1S/C19H18BrN3O2/c1-13-17(11-23(2)22-13)21-19(24)15-9-7-14(8-10-15)12-25-18-6-4-3-5-16(18)20/h3-11H,12H2,1-2H3,(H,21,24). The van der Waals surface area contributed by atoms with Crippen molar-refractivity contribution in [3.05, 3.63) is 76.0 Å². The van der Waals surface area contributed by atoms with Crippen LogP contribution in [0.4, 0.5) is 5.69 Å². The lowest BCUT2D eigenvalue weighted by Gasteiger charge is -2.09. The molecule has 0 radical (unpaired) electrons. The number of para-hydroxylation sites is 1. The van der Waals surface area contributed by atoms with Gasteiger partial charge in [-0.3, -0.25) is 9.48 Å². The van der Waals surface area contributed by atoms with Crippen molar-refractivity contribution in [3.63, 3.8) is 0 Å². The summed E-state index contributed by atoms with van der Waals surface area (Å²) in [5, 5.41) is 7.09. The number of nitrogens with one attached hydrogen (secondary N) is 1. The molecule has 5 nitrogen and oxygen atoms in total. The number of carbonyl (C=O) groups excluding carboxylic acids is 1. The first-order chi connectivity index (χ1) is 12.0. The SMILES string of the molecule is Cc1nn(C)cc1NC(=O)c1ccc(COc2ccccc2Br)cc1. The fourth-order valence-corrected chi connectivity index (χ4v) is 2.79. The molecule has 0 spiro atoms. The van der Waals surface area contributed by atoms with Gasteiger partial charge in [-0.2, -0.15) is 5.10 Å². The third kappa shape index (κ3) is 4.28. The van der Waals surface area contributed by atoms with Crippen LogP contribution in [0, 0.1) is 6.92 Å². The van der Waals surface area contributed by atoms with Crippen LogP contribution in [0.3, 0.4) is 0 Å². The molecule has 6 heteroatoms. The highest BCUT2D eigenvalue weighted by molar-refractivity contribution is 9.10. The third-order valence-corrected chi connectivity index (χ3v) is 4.36. The number of amides is 1. The van der Waals surface area contributed by atoms with E-state index in [1.165, 1.54) is 0 Å². The van der Waals surface area contributed by atoms with E-state index in [4.69, 9.17) is 4.74 Å². The Bertz CT molecular complexity index is 888. The molecule has 0 bridgehead atoms. The minimum absolute atomic E-state index is 0.158. The predicted molar refractivity (Wildman–Crippen MR) is 101 cm³/mol. The Labute approximate surface area is 154 Å². The maximum absolute atomic E-state index is 12.3. The van der Waals surface area contributed by atoms with E-state index in [2.05, 4.69) is 26.3 Å². The van der Waals surface area contributed by atoms with E-state index in [1.807, 2.05) is 50.4 Å². The van der Waals surface area contributed by atoms with Crippen LogP contribution in [-0.2, 0) is 13.7 Å². The van der Waals surface area contributed by atoms with Gasteiger partial charge in [0.15, 0.2) is 0 Å². The van der Waals surface area contributed by atoms with Crippen molar-refractivity contribution in [1.82, 2.24) is 9.78 Å². The average molecular weight is 400 g/mol. The van der Waals surface area contributed by atoms with Gasteiger partial charge in [0.05, 0.1) is 15.9 Å². The van der Waals surface area contributed by atoms with Gasteiger partial charge in [0, 0.05) is 18.8 Å². The number of carbonyl (C=O) groups is 1. The van der Waals surface area contributed by atoms with Crippen molar-refractivity contribution in [3.8, 4) is 5.75 Å². The summed E-state index contributed by atoms with van der Waals surface area (Å²) in [6.07, 6.45) is 1.78. The van der Waals surface area contributed by atoms with Gasteiger partial charge in [-0.05, 0) is 52.7 Å². The predicted octanol–water partition coefficient (Wildman–Crippen LogP) is 4.32. The number of aryl methyl sites for hydroxylation is 2. The number of hydrogen-bond acceptors (Lipinski definition) is 3. The second-order valence-corrected chi connectivity index (χ2v) is 6.53. The van der Waals surface area contributed by atoms with Crippen LogP contribution in [0.2, 0.25) is 0 Å². The van der Waals surface area contributed by atoms with E-state index in [0.717, 1.165) is 21.5 Å². The molecule has 3 aromatic rings. The molecule has 0 aliphatic heterocycles. The Morgan fingerprint density at radius 2 is 1.92 bits per heavy atom. The monoisotopic (exact) mass is 399 g/mol. The fourth-order valence-electron chi connectivity index (χ4n) is 2.39. The smallest absolute Gasteiger partial charge is 0.255 e. The molecule has 0 fully saturated rings. The van der Waals surface area contributed by atoms with E-state index in [1.54, 1.807) is 23.0 Å². The Balaban J connectivity index is 1.62. The molecule has 1 N–H and O–H groups in total. The van der Waals surface area contributed by atoms with Crippen molar-refractivity contribution < 1.29 is 9.53 Å². The second-order valence-electron chi connectivity index (χ2n) is 5.67. The van der Waals surface area contributed by atoms with Gasteiger partial charge in [-0.1, -0.05) is 24.3 Å². The van der Waals surface area contributed by atoms with Crippen LogP contribution in [0.1, 0.15) is 21.6 Å². The first kappa shape index (κ1) is 17.2. The molecule has 0 unspecified atom stereocenters. The Morgan fingerprint density at radius 1 is 1.20 bits per heavy atom. The van der Waals surface area contributed by atoms with Gasteiger partial charge in [-0.15, -0.1) is 0 Å². The molecule has 25 heavy (non-hydrogen) atoms. The zero-order chi connectivity index (χ0) is 17.8. The highest BCUT2D eigenvalue weighted by Crippen LogP contribution is 2.24. The Kier molecular flexibility index (Phi) is 5.19. The number of ether oxygens (including phenoxy) is 1. The van der Waals surface area contributed by atoms with Gasteiger partial charge in [0.25, 0.3) is 5.91 Å². The first-order valence-corrected chi connectivity index (χ1v) is 8.60. The Hall–Kier alpha value is -2.60. The van der Waals surface area contributed by atoms with Crippen LogP contribution in [-0.4, -0.2) is 15.7 Å². The summed E-state index contributed by atoms with van der Waals surface area (Å²) in [6, 6.07) is 15.1. The zero-order valence-electron chi connectivity index (χ0n) is 14.0. The van der Waals surface area contributed by atoms with Gasteiger partial charge in [-0.25, -0.2) is 0 Å². The lowest BCUT2D eigenvalue weighted by molar-refractivity contribution is 0.102. The largest absolute Gasteiger partial charge is 0.488 e. The van der Waals surface area contributed by atoms with Crippen LogP contribution in [0.5, 0.6) is 5.75 Å². The normalized spacial score (nSPS) is 10.5. The van der Waals surface area contributed by atoms with Gasteiger partial charge >= 0.3 is 0 Å². The minimum Gasteiger partial charge on any atom is -0.488 e. The number of hydrogen-bond donors (Lipinski definition) is 1. The van der Waals surface area contributed by atoms with Gasteiger partial charge < -0.3 is 10.1 Å². The number of halogens is 1. The molecular weight excluding hydrogens is 382 g/mol. The van der Waals surface area contributed by atoms with E-state index in [-0.39, 0.29) is 5.91 Å². The molecule has 0 saturated carbocycles. The highest BCUT2D eigenvalue weighted by Gasteiger charge is 2.10. The van der Waals surface area contributed by atoms with E-state index < -0.39 is 0 Å². The lowest BCUT2D eigenvalue weighted by atomic mass is 10.1. The number of rotatable bonds is 5. The molecule has 1 amide bonds. The second kappa shape index (κ2) is 7.53. The maximum atomic E-state index is 12.3. The topological polar surface area (TPSA) is 56.2 Å². The van der Waals surface area contributed by atoms with Crippen molar-refractivity contribution in [2.24, 2.45) is 7.05 Å². The maximum Gasteiger partial charge on any atom is 0.255 e. The van der Waals surface area contributed by atoms with Crippen molar-refractivity contribution in [2.75, 3.05) is 5.32 Å².